The van der Waals surface area contributed by atoms with Gasteiger partial charge in [0.1, 0.15) is 16.4 Å². The maximum Gasteiger partial charge on any atom is 0.332 e. The van der Waals surface area contributed by atoms with Crippen molar-refractivity contribution >= 4 is 34.1 Å². The third-order valence-electron chi connectivity index (χ3n) is 4.28. The van der Waals surface area contributed by atoms with Gasteiger partial charge in [-0.2, -0.15) is 8.42 Å². The Morgan fingerprint density at radius 1 is 0.786 bits per heavy atom. The minimum absolute atomic E-state index is 0.287. The quantitative estimate of drug-likeness (QED) is 0.455. The molecule has 0 spiro atoms. The van der Waals surface area contributed by atoms with Crippen LogP contribution in [0.4, 0.5) is 3.89 Å². The molecule has 3 aromatic carbocycles. The lowest BCUT2D eigenvalue weighted by Gasteiger charge is -2.22. The number of hydrogen-bond donors (Lipinski definition) is 0. The van der Waals surface area contributed by atoms with E-state index in [4.69, 9.17) is 9.47 Å². The monoisotopic (exact) mass is 418 g/mol. The number of methoxy groups -OCH3 is 2. The lowest BCUT2D eigenvalue weighted by atomic mass is 10.2. The average Bonchev–Trinajstić information content (AvgIpc) is 2.69. The summed E-state index contributed by atoms with van der Waals surface area (Å²) in [4.78, 5) is -0.287. The van der Waals surface area contributed by atoms with E-state index < -0.39 is 18.1 Å². The molecule has 3 aromatic rings. The Hall–Kier alpha value is -2.43. The van der Waals surface area contributed by atoms with Gasteiger partial charge in [-0.3, -0.25) is 0 Å². The topological polar surface area (TPSA) is 52.6 Å². The van der Waals surface area contributed by atoms with Crippen molar-refractivity contribution in [2.75, 3.05) is 14.2 Å². The van der Waals surface area contributed by atoms with Crippen LogP contribution >= 0.6 is 7.92 Å². The smallest absolute Gasteiger partial charge is 0.332 e. The number of hydrogen-bond acceptors (Lipinski definition) is 4. The van der Waals surface area contributed by atoms with Crippen molar-refractivity contribution in [1.29, 1.82) is 0 Å². The molecule has 0 heterocycles. The standard InChI is InChI=1S/C21H20FO4PS/c1-15-4-13-20(21(14-15)28(22,23)24)27(18-9-5-16(25-2)6-10-18)19-11-7-17(26-3)8-12-19/h4-14H,1-3H3. The first-order chi connectivity index (χ1) is 13.3. The molecule has 0 aromatic heterocycles. The first kappa shape index (κ1) is 20.3. The minimum Gasteiger partial charge on any atom is -0.497 e. The summed E-state index contributed by atoms with van der Waals surface area (Å²) in [6, 6.07) is 19.6. The van der Waals surface area contributed by atoms with E-state index in [2.05, 4.69) is 0 Å². The van der Waals surface area contributed by atoms with E-state index in [1.165, 1.54) is 6.07 Å². The molecular weight excluding hydrogens is 398 g/mol. The lowest BCUT2D eigenvalue weighted by Crippen LogP contribution is -2.24. The summed E-state index contributed by atoms with van der Waals surface area (Å²) in [7, 11) is -3.03. The van der Waals surface area contributed by atoms with Crippen molar-refractivity contribution in [2.45, 2.75) is 11.8 Å². The molecule has 0 saturated carbocycles. The van der Waals surface area contributed by atoms with E-state index in [9.17, 15) is 12.3 Å². The van der Waals surface area contributed by atoms with Gasteiger partial charge in [-0.25, -0.2) is 0 Å². The normalized spacial score (nSPS) is 11.5. The molecule has 4 nitrogen and oxygen atoms in total. The average molecular weight is 418 g/mol. The first-order valence-corrected chi connectivity index (χ1v) is 11.2. The molecule has 0 aliphatic rings. The van der Waals surface area contributed by atoms with Gasteiger partial charge in [0.05, 0.1) is 14.2 Å². The molecule has 0 unspecified atom stereocenters. The van der Waals surface area contributed by atoms with Crippen LogP contribution in [0.15, 0.2) is 71.6 Å². The largest absolute Gasteiger partial charge is 0.497 e. The zero-order chi connectivity index (χ0) is 20.3. The van der Waals surface area contributed by atoms with Gasteiger partial charge >= 0.3 is 10.2 Å². The predicted octanol–water partition coefficient (Wildman–Crippen LogP) is 3.43. The molecule has 0 aliphatic carbocycles. The molecule has 0 fully saturated rings. The van der Waals surface area contributed by atoms with Crippen LogP contribution in [-0.2, 0) is 10.2 Å². The molecule has 0 radical (unpaired) electrons. The highest BCUT2D eigenvalue weighted by atomic mass is 32.3. The van der Waals surface area contributed by atoms with Crippen LogP contribution in [0.5, 0.6) is 11.5 Å². The van der Waals surface area contributed by atoms with Crippen LogP contribution in [0.25, 0.3) is 0 Å². The second kappa shape index (κ2) is 8.29. The van der Waals surface area contributed by atoms with Gasteiger partial charge in [0.25, 0.3) is 0 Å². The summed E-state index contributed by atoms with van der Waals surface area (Å²) in [5, 5.41) is 2.21. The number of ether oxygens (including phenoxy) is 2. The molecule has 0 atom stereocenters. The SMILES string of the molecule is COc1ccc(P(c2ccc(OC)cc2)c2ccc(C)cc2S(=O)(=O)F)cc1. The molecule has 0 amide bonds. The Morgan fingerprint density at radius 3 is 1.64 bits per heavy atom. The molecule has 0 saturated heterocycles. The van der Waals surface area contributed by atoms with E-state index in [-0.39, 0.29) is 4.90 Å². The maximum atomic E-state index is 14.1. The summed E-state index contributed by atoms with van der Waals surface area (Å²) in [6.07, 6.45) is 0. The second-order valence-corrected chi connectivity index (χ2v) is 9.64. The maximum absolute atomic E-state index is 14.1. The van der Waals surface area contributed by atoms with Crippen LogP contribution in [0.2, 0.25) is 0 Å². The van der Waals surface area contributed by atoms with Crippen molar-refractivity contribution in [3.05, 3.63) is 72.3 Å². The van der Waals surface area contributed by atoms with E-state index >= 15 is 0 Å². The van der Waals surface area contributed by atoms with E-state index in [0.29, 0.717) is 22.4 Å². The second-order valence-electron chi connectivity index (χ2n) is 6.14. The first-order valence-electron chi connectivity index (χ1n) is 8.47. The van der Waals surface area contributed by atoms with Crippen LogP contribution < -0.4 is 25.4 Å². The third-order valence-corrected chi connectivity index (χ3v) is 7.80. The van der Waals surface area contributed by atoms with Crippen molar-refractivity contribution < 1.29 is 21.8 Å². The molecule has 0 bridgehead atoms. The number of aryl methyl sites for hydroxylation is 1. The van der Waals surface area contributed by atoms with Gasteiger partial charge in [-0.15, -0.1) is 3.89 Å². The van der Waals surface area contributed by atoms with E-state index in [1.54, 1.807) is 33.3 Å². The van der Waals surface area contributed by atoms with Crippen LogP contribution in [0.3, 0.4) is 0 Å². The Labute approximate surface area is 165 Å². The molecule has 28 heavy (non-hydrogen) atoms. The summed E-state index contributed by atoms with van der Waals surface area (Å²) >= 11 is 0. The van der Waals surface area contributed by atoms with Crippen molar-refractivity contribution in [1.82, 2.24) is 0 Å². The van der Waals surface area contributed by atoms with Crippen molar-refractivity contribution in [2.24, 2.45) is 0 Å². The van der Waals surface area contributed by atoms with Gasteiger partial charge < -0.3 is 9.47 Å². The summed E-state index contributed by atoms with van der Waals surface area (Å²) in [6.45, 7) is 1.74. The lowest BCUT2D eigenvalue weighted by molar-refractivity contribution is 0.415. The van der Waals surface area contributed by atoms with Gasteiger partial charge in [0.15, 0.2) is 0 Å². The summed E-state index contributed by atoms with van der Waals surface area (Å²) in [5.41, 5.74) is 0.680. The van der Waals surface area contributed by atoms with Gasteiger partial charge in [0, 0.05) is 5.30 Å². The predicted molar refractivity (Wildman–Crippen MR) is 111 cm³/mol. The highest BCUT2D eigenvalue weighted by Crippen LogP contribution is 2.37. The molecular formula is C21H20FO4PS. The zero-order valence-corrected chi connectivity index (χ0v) is 17.4. The fourth-order valence-corrected chi connectivity index (χ4v) is 6.39. The minimum atomic E-state index is -4.88. The number of halogens is 1. The zero-order valence-electron chi connectivity index (χ0n) is 15.7. The molecule has 146 valence electrons. The van der Waals surface area contributed by atoms with Crippen molar-refractivity contribution in [3.63, 3.8) is 0 Å². The molecule has 7 heteroatoms. The number of benzene rings is 3. The van der Waals surface area contributed by atoms with Gasteiger partial charge in [0.2, 0.25) is 0 Å². The highest BCUT2D eigenvalue weighted by Gasteiger charge is 2.26. The fourth-order valence-electron chi connectivity index (χ4n) is 2.89. The van der Waals surface area contributed by atoms with E-state index in [0.717, 1.165) is 10.6 Å². The van der Waals surface area contributed by atoms with Gasteiger partial charge in [-0.05, 0) is 61.3 Å². The Balaban J connectivity index is 2.24. The van der Waals surface area contributed by atoms with Gasteiger partial charge in [-0.1, -0.05) is 36.4 Å². The summed E-state index contributed by atoms with van der Waals surface area (Å²) < 4.78 is 48.3. The summed E-state index contributed by atoms with van der Waals surface area (Å²) in [5.74, 6) is 1.38. The molecule has 0 aliphatic heterocycles. The van der Waals surface area contributed by atoms with Crippen molar-refractivity contribution in [3.8, 4) is 11.5 Å². The third kappa shape index (κ3) is 4.34. The van der Waals surface area contributed by atoms with Crippen LogP contribution in [0, 0.1) is 6.92 Å². The Bertz CT molecular complexity index is 1020. The van der Waals surface area contributed by atoms with Crippen LogP contribution in [0.1, 0.15) is 5.56 Å². The Kier molecular flexibility index (Phi) is 6.01. The fraction of sp³-hybridized carbons (Fsp3) is 0.143. The molecule has 3 rings (SSSR count). The van der Waals surface area contributed by atoms with Crippen LogP contribution in [-0.4, -0.2) is 22.6 Å². The van der Waals surface area contributed by atoms with E-state index in [1.807, 2.05) is 48.5 Å². The number of rotatable bonds is 6. The molecule has 0 N–H and O–H groups in total. The Morgan fingerprint density at radius 2 is 1.25 bits per heavy atom. The highest BCUT2D eigenvalue weighted by molar-refractivity contribution is 7.88.